The summed E-state index contributed by atoms with van der Waals surface area (Å²) in [6, 6.07) is 17.2. The highest BCUT2D eigenvalue weighted by molar-refractivity contribution is 6.30. The second-order valence-electron chi connectivity index (χ2n) is 5.53. The molecule has 3 aromatic rings. The zero-order valence-corrected chi connectivity index (χ0v) is 13.9. The van der Waals surface area contributed by atoms with E-state index in [1.54, 1.807) is 12.1 Å². The molecule has 6 heteroatoms. The minimum Gasteiger partial charge on any atom is -0.348 e. The Hall–Kier alpha value is -2.66. The Kier molecular flexibility index (Phi) is 4.91. The molecule has 0 unspecified atom stereocenters. The number of hydrogen-bond donors (Lipinski definition) is 2. The number of benzene rings is 2. The number of aromatic nitrogens is 3. The van der Waals surface area contributed by atoms with E-state index >= 15 is 0 Å². The maximum absolute atomic E-state index is 12.2. The highest BCUT2D eigenvalue weighted by Gasteiger charge is 2.09. The normalized spacial score (nSPS) is 11.9. The maximum Gasteiger partial charge on any atom is 0.274 e. The van der Waals surface area contributed by atoms with Gasteiger partial charge in [-0.05, 0) is 30.2 Å². The lowest BCUT2D eigenvalue weighted by Gasteiger charge is -2.14. The minimum absolute atomic E-state index is 0.0123. The van der Waals surface area contributed by atoms with Gasteiger partial charge in [0.05, 0.1) is 6.04 Å². The highest BCUT2D eigenvalue weighted by atomic mass is 35.5. The molecule has 0 spiro atoms. The summed E-state index contributed by atoms with van der Waals surface area (Å²) in [7, 11) is 0. The number of rotatable bonds is 5. The smallest absolute Gasteiger partial charge is 0.274 e. The van der Waals surface area contributed by atoms with Gasteiger partial charge in [0, 0.05) is 11.4 Å². The molecule has 0 radical (unpaired) electrons. The molecule has 122 valence electrons. The van der Waals surface area contributed by atoms with Crippen LogP contribution >= 0.6 is 11.6 Å². The Labute approximate surface area is 144 Å². The second kappa shape index (κ2) is 7.27. The first-order valence-corrected chi connectivity index (χ1v) is 8.01. The van der Waals surface area contributed by atoms with Crippen molar-refractivity contribution in [1.82, 2.24) is 15.2 Å². The molecule has 0 aliphatic rings. The Morgan fingerprint density at radius 1 is 1.08 bits per heavy atom. The Balaban J connectivity index is 1.72. The number of hydrogen-bond acceptors (Lipinski definition) is 4. The third-order valence-electron chi connectivity index (χ3n) is 3.70. The van der Waals surface area contributed by atoms with Gasteiger partial charge < -0.3 is 5.32 Å². The van der Waals surface area contributed by atoms with Crippen molar-refractivity contribution in [3.05, 3.63) is 86.8 Å². The summed E-state index contributed by atoms with van der Waals surface area (Å²) >= 11 is 5.86. The number of anilines is 1. The van der Waals surface area contributed by atoms with Gasteiger partial charge in [-0.3, -0.25) is 9.78 Å². The molecule has 2 N–H and O–H groups in total. The van der Waals surface area contributed by atoms with Crippen LogP contribution in [0.2, 0.25) is 5.02 Å². The SMILES string of the molecule is C[C@H](Nc1nnc(Cc2ccc(Cl)cc2)c(=O)[nH]1)c1ccccc1. The van der Waals surface area contributed by atoms with Crippen molar-refractivity contribution in [1.29, 1.82) is 0 Å². The molecule has 24 heavy (non-hydrogen) atoms. The number of halogens is 1. The summed E-state index contributed by atoms with van der Waals surface area (Å²) in [6.45, 7) is 2.00. The van der Waals surface area contributed by atoms with E-state index in [-0.39, 0.29) is 11.6 Å². The third kappa shape index (κ3) is 4.00. The summed E-state index contributed by atoms with van der Waals surface area (Å²) in [6.07, 6.45) is 0.411. The van der Waals surface area contributed by atoms with Crippen LogP contribution in [-0.2, 0) is 6.42 Å². The van der Waals surface area contributed by atoms with Gasteiger partial charge in [-0.25, -0.2) is 0 Å². The van der Waals surface area contributed by atoms with Crippen LogP contribution in [0.25, 0.3) is 0 Å². The quantitative estimate of drug-likeness (QED) is 0.744. The molecule has 0 bridgehead atoms. The summed E-state index contributed by atoms with van der Waals surface area (Å²) in [5.41, 5.74) is 2.18. The Bertz CT molecular complexity index is 862. The predicted octanol–water partition coefficient (Wildman–Crippen LogP) is 3.58. The predicted molar refractivity (Wildman–Crippen MR) is 95.4 cm³/mol. The fourth-order valence-corrected chi connectivity index (χ4v) is 2.49. The third-order valence-corrected chi connectivity index (χ3v) is 3.95. The minimum atomic E-state index is -0.247. The van der Waals surface area contributed by atoms with E-state index in [1.165, 1.54) is 0 Å². The number of aromatic amines is 1. The van der Waals surface area contributed by atoms with Gasteiger partial charge in [0.1, 0.15) is 5.69 Å². The first-order chi connectivity index (χ1) is 11.6. The molecule has 0 aliphatic heterocycles. The summed E-state index contributed by atoms with van der Waals surface area (Å²) in [4.78, 5) is 14.9. The molecular weight excluding hydrogens is 324 g/mol. The lowest BCUT2D eigenvalue weighted by Crippen LogP contribution is -2.21. The van der Waals surface area contributed by atoms with Crippen LogP contribution in [0.4, 0.5) is 5.95 Å². The van der Waals surface area contributed by atoms with Crippen molar-refractivity contribution >= 4 is 17.5 Å². The maximum atomic E-state index is 12.2. The molecule has 0 fully saturated rings. The van der Waals surface area contributed by atoms with Crippen molar-refractivity contribution in [2.24, 2.45) is 0 Å². The zero-order chi connectivity index (χ0) is 16.9. The van der Waals surface area contributed by atoms with Crippen LogP contribution in [-0.4, -0.2) is 15.2 Å². The number of H-pyrrole nitrogens is 1. The standard InChI is InChI=1S/C18H17ClN4O/c1-12(14-5-3-2-4-6-14)20-18-21-17(24)16(22-23-18)11-13-7-9-15(19)10-8-13/h2-10,12H,11H2,1H3,(H2,20,21,23,24)/t12-/m0/s1. The van der Waals surface area contributed by atoms with Gasteiger partial charge in [-0.1, -0.05) is 54.1 Å². The van der Waals surface area contributed by atoms with Gasteiger partial charge in [0.2, 0.25) is 5.95 Å². The van der Waals surface area contributed by atoms with Crippen LogP contribution in [0.1, 0.15) is 29.8 Å². The van der Waals surface area contributed by atoms with E-state index in [0.717, 1.165) is 11.1 Å². The summed E-state index contributed by atoms with van der Waals surface area (Å²) < 4.78 is 0. The fourth-order valence-electron chi connectivity index (χ4n) is 2.37. The van der Waals surface area contributed by atoms with Crippen molar-refractivity contribution in [3.8, 4) is 0 Å². The highest BCUT2D eigenvalue weighted by Crippen LogP contribution is 2.15. The molecule has 0 saturated heterocycles. The lowest BCUT2D eigenvalue weighted by atomic mass is 10.1. The van der Waals surface area contributed by atoms with Crippen LogP contribution in [0.15, 0.2) is 59.4 Å². The average molecular weight is 341 g/mol. The molecule has 3 rings (SSSR count). The molecule has 5 nitrogen and oxygen atoms in total. The van der Waals surface area contributed by atoms with Crippen molar-refractivity contribution in [2.75, 3.05) is 5.32 Å². The van der Waals surface area contributed by atoms with Gasteiger partial charge >= 0.3 is 0 Å². The van der Waals surface area contributed by atoms with Gasteiger partial charge in [-0.2, -0.15) is 0 Å². The Morgan fingerprint density at radius 3 is 2.46 bits per heavy atom. The van der Waals surface area contributed by atoms with Gasteiger partial charge in [0.25, 0.3) is 5.56 Å². The summed E-state index contributed by atoms with van der Waals surface area (Å²) in [5, 5.41) is 11.9. The molecule has 1 heterocycles. The molecule has 0 aliphatic carbocycles. The topological polar surface area (TPSA) is 70.7 Å². The number of nitrogens with one attached hydrogen (secondary N) is 2. The fraction of sp³-hybridized carbons (Fsp3) is 0.167. The molecule has 2 aromatic carbocycles. The van der Waals surface area contributed by atoms with Gasteiger partial charge in [-0.15, -0.1) is 10.2 Å². The average Bonchev–Trinajstić information content (AvgIpc) is 2.60. The van der Waals surface area contributed by atoms with Gasteiger partial charge in [0.15, 0.2) is 0 Å². The first-order valence-electron chi connectivity index (χ1n) is 7.63. The van der Waals surface area contributed by atoms with E-state index in [0.29, 0.717) is 23.1 Å². The van der Waals surface area contributed by atoms with Crippen LogP contribution < -0.4 is 10.9 Å². The summed E-state index contributed by atoms with van der Waals surface area (Å²) in [5.74, 6) is 0.358. The molecule has 0 amide bonds. The van der Waals surface area contributed by atoms with E-state index in [9.17, 15) is 4.79 Å². The van der Waals surface area contributed by atoms with Crippen molar-refractivity contribution < 1.29 is 0 Å². The van der Waals surface area contributed by atoms with Crippen LogP contribution in [0, 0.1) is 0 Å². The molecular formula is C18H17ClN4O. The molecule has 0 saturated carbocycles. The molecule has 1 aromatic heterocycles. The van der Waals surface area contributed by atoms with Crippen LogP contribution in [0.3, 0.4) is 0 Å². The van der Waals surface area contributed by atoms with Crippen LogP contribution in [0.5, 0.6) is 0 Å². The first kappa shape index (κ1) is 16.2. The lowest BCUT2D eigenvalue weighted by molar-refractivity contribution is 0.811. The monoisotopic (exact) mass is 340 g/mol. The zero-order valence-electron chi connectivity index (χ0n) is 13.2. The Morgan fingerprint density at radius 2 is 1.79 bits per heavy atom. The van der Waals surface area contributed by atoms with E-state index in [2.05, 4.69) is 20.5 Å². The van der Waals surface area contributed by atoms with E-state index in [4.69, 9.17) is 11.6 Å². The molecule has 1 atom stereocenters. The van der Waals surface area contributed by atoms with Crippen molar-refractivity contribution in [3.63, 3.8) is 0 Å². The largest absolute Gasteiger partial charge is 0.348 e. The number of nitrogens with zero attached hydrogens (tertiary/aromatic N) is 2. The van der Waals surface area contributed by atoms with E-state index in [1.807, 2.05) is 49.4 Å². The van der Waals surface area contributed by atoms with E-state index < -0.39 is 0 Å². The van der Waals surface area contributed by atoms with Crippen molar-refractivity contribution in [2.45, 2.75) is 19.4 Å². The second-order valence-corrected chi connectivity index (χ2v) is 5.97.